The Hall–Kier alpha value is -0.660. The van der Waals surface area contributed by atoms with E-state index in [1.54, 1.807) is 13.8 Å². The fourth-order valence-corrected chi connectivity index (χ4v) is 3.18. The number of aliphatic hydroxyl groups is 3. The lowest BCUT2D eigenvalue weighted by atomic mass is 9.85. The first kappa shape index (κ1) is 19.4. The van der Waals surface area contributed by atoms with Gasteiger partial charge >= 0.3 is 5.97 Å². The average Bonchev–Trinajstić information content (AvgIpc) is 2.98. The lowest BCUT2D eigenvalue weighted by molar-refractivity contribution is -0.183. The predicted molar refractivity (Wildman–Crippen MR) is 83.7 cm³/mol. The second-order valence-corrected chi connectivity index (χ2v) is 6.31. The van der Waals surface area contributed by atoms with Gasteiger partial charge in [0.2, 0.25) is 0 Å². The summed E-state index contributed by atoms with van der Waals surface area (Å²) >= 11 is 0. The van der Waals surface area contributed by atoms with Crippen molar-refractivity contribution in [2.45, 2.75) is 51.0 Å². The lowest BCUT2D eigenvalue weighted by Crippen LogP contribution is -2.53. The van der Waals surface area contributed by atoms with Gasteiger partial charge in [0.15, 0.2) is 5.60 Å². The van der Waals surface area contributed by atoms with Crippen molar-refractivity contribution in [3.05, 3.63) is 11.6 Å². The van der Waals surface area contributed by atoms with Crippen molar-refractivity contribution < 1.29 is 24.9 Å². The first-order valence-corrected chi connectivity index (χ1v) is 7.47. The Morgan fingerprint density at radius 3 is 2.68 bits per heavy atom. The van der Waals surface area contributed by atoms with Crippen LogP contribution in [0.2, 0.25) is 0 Å². The van der Waals surface area contributed by atoms with Crippen LogP contribution in [0, 0.1) is 5.92 Å². The predicted octanol–water partition coefficient (Wildman–Crippen LogP) is 0.0945. The molecule has 4 atom stereocenters. The SMILES string of the molecule is CC(C)[C@@](O)(C(=O)OCC1=CCN2CC[C@@H](O)[C@@H]12)[C@H](C)O.Cl. The molecule has 128 valence electrons. The molecule has 1 saturated heterocycles. The van der Waals surface area contributed by atoms with E-state index in [1.165, 1.54) is 6.92 Å². The van der Waals surface area contributed by atoms with Crippen LogP contribution in [0.5, 0.6) is 0 Å². The van der Waals surface area contributed by atoms with E-state index in [0.29, 0.717) is 0 Å². The number of carbonyl (C=O) groups excluding carboxylic acids is 1. The average molecular weight is 336 g/mol. The van der Waals surface area contributed by atoms with Gasteiger partial charge in [-0.25, -0.2) is 4.79 Å². The molecule has 6 nitrogen and oxygen atoms in total. The van der Waals surface area contributed by atoms with E-state index in [-0.39, 0.29) is 25.1 Å². The van der Waals surface area contributed by atoms with Crippen molar-refractivity contribution in [2.75, 3.05) is 19.7 Å². The van der Waals surface area contributed by atoms with Crippen LogP contribution in [0.4, 0.5) is 0 Å². The molecule has 0 aromatic carbocycles. The molecule has 0 unspecified atom stereocenters. The van der Waals surface area contributed by atoms with Crippen molar-refractivity contribution >= 4 is 18.4 Å². The fraction of sp³-hybridized carbons (Fsp3) is 0.800. The van der Waals surface area contributed by atoms with E-state index in [2.05, 4.69) is 4.90 Å². The second kappa shape index (κ2) is 7.27. The van der Waals surface area contributed by atoms with E-state index in [9.17, 15) is 20.1 Å². The number of carbonyl (C=O) groups is 1. The summed E-state index contributed by atoms with van der Waals surface area (Å²) in [4.78, 5) is 14.3. The Balaban J connectivity index is 0.00000242. The number of hydrogen-bond acceptors (Lipinski definition) is 6. The number of halogens is 1. The normalized spacial score (nSPS) is 28.6. The van der Waals surface area contributed by atoms with Gasteiger partial charge in [-0.05, 0) is 24.8 Å². The van der Waals surface area contributed by atoms with Crippen LogP contribution in [0.3, 0.4) is 0 Å². The molecular formula is C15H26ClNO5. The number of aliphatic hydroxyl groups excluding tert-OH is 2. The molecule has 0 aliphatic carbocycles. The van der Waals surface area contributed by atoms with E-state index in [1.807, 2.05) is 6.08 Å². The molecule has 0 spiro atoms. The molecule has 3 N–H and O–H groups in total. The third-order valence-corrected chi connectivity index (χ3v) is 4.65. The Morgan fingerprint density at radius 2 is 2.14 bits per heavy atom. The van der Waals surface area contributed by atoms with Crippen molar-refractivity contribution in [1.29, 1.82) is 0 Å². The maximum absolute atomic E-state index is 12.1. The molecule has 1 fully saturated rings. The number of fused-ring (bicyclic) bond motifs is 1. The highest BCUT2D eigenvalue weighted by Gasteiger charge is 2.46. The molecule has 0 saturated carbocycles. The highest BCUT2D eigenvalue weighted by atomic mass is 35.5. The number of hydrogen-bond donors (Lipinski definition) is 3. The zero-order valence-electron chi connectivity index (χ0n) is 13.2. The summed E-state index contributed by atoms with van der Waals surface area (Å²) in [5.41, 5.74) is -1.04. The molecule has 22 heavy (non-hydrogen) atoms. The minimum Gasteiger partial charge on any atom is -0.459 e. The Kier molecular flexibility index (Phi) is 6.41. The molecule has 0 aromatic heterocycles. The zero-order valence-corrected chi connectivity index (χ0v) is 14.0. The van der Waals surface area contributed by atoms with Gasteiger partial charge < -0.3 is 20.1 Å². The molecular weight excluding hydrogens is 310 g/mol. The topological polar surface area (TPSA) is 90.2 Å². The number of rotatable bonds is 5. The number of esters is 1. The monoisotopic (exact) mass is 335 g/mol. The molecule has 2 aliphatic rings. The zero-order chi connectivity index (χ0) is 15.8. The van der Waals surface area contributed by atoms with E-state index in [0.717, 1.165) is 25.1 Å². The smallest absolute Gasteiger partial charge is 0.341 e. The Morgan fingerprint density at radius 1 is 1.50 bits per heavy atom. The summed E-state index contributed by atoms with van der Waals surface area (Å²) in [5, 5.41) is 30.0. The Bertz CT molecular complexity index is 430. The van der Waals surface area contributed by atoms with E-state index in [4.69, 9.17) is 4.74 Å². The maximum atomic E-state index is 12.1. The third kappa shape index (κ3) is 3.31. The van der Waals surface area contributed by atoms with Crippen LogP contribution in [-0.4, -0.2) is 69.7 Å². The highest BCUT2D eigenvalue weighted by Crippen LogP contribution is 2.30. The van der Waals surface area contributed by atoms with E-state index < -0.39 is 29.7 Å². The van der Waals surface area contributed by atoms with E-state index >= 15 is 0 Å². The summed E-state index contributed by atoms with van der Waals surface area (Å²) in [7, 11) is 0. The van der Waals surface area contributed by atoms with Gasteiger partial charge in [-0.3, -0.25) is 4.90 Å². The minimum absolute atomic E-state index is 0. The molecule has 0 bridgehead atoms. The number of ether oxygens (including phenoxy) is 1. The quantitative estimate of drug-likeness (QED) is 0.487. The fourth-order valence-electron chi connectivity index (χ4n) is 3.18. The summed E-state index contributed by atoms with van der Waals surface area (Å²) in [5.74, 6) is -1.28. The minimum atomic E-state index is -1.91. The van der Waals surface area contributed by atoms with Gasteiger partial charge in [0.1, 0.15) is 6.61 Å². The first-order valence-electron chi connectivity index (χ1n) is 7.47. The highest BCUT2D eigenvalue weighted by molar-refractivity contribution is 5.85. The van der Waals surface area contributed by atoms with Crippen LogP contribution in [-0.2, 0) is 9.53 Å². The van der Waals surface area contributed by atoms with Gasteiger partial charge in [0.25, 0.3) is 0 Å². The van der Waals surface area contributed by atoms with Crippen molar-refractivity contribution in [1.82, 2.24) is 4.90 Å². The maximum Gasteiger partial charge on any atom is 0.341 e. The van der Waals surface area contributed by atoms with Gasteiger partial charge in [0.05, 0.1) is 18.2 Å². The summed E-state index contributed by atoms with van der Waals surface area (Å²) in [6.45, 7) is 6.32. The number of nitrogens with zero attached hydrogens (tertiary/aromatic N) is 1. The van der Waals surface area contributed by atoms with Crippen LogP contribution in [0.15, 0.2) is 11.6 Å². The van der Waals surface area contributed by atoms with Crippen molar-refractivity contribution in [2.24, 2.45) is 5.92 Å². The van der Waals surface area contributed by atoms with Crippen molar-refractivity contribution in [3.8, 4) is 0 Å². The molecule has 0 aromatic rings. The summed E-state index contributed by atoms with van der Waals surface area (Å²) in [6.07, 6.45) is 1.03. The molecule has 0 radical (unpaired) electrons. The Labute approximate surface area is 137 Å². The van der Waals surface area contributed by atoms with Crippen LogP contribution < -0.4 is 0 Å². The lowest BCUT2D eigenvalue weighted by Gasteiger charge is -2.32. The largest absolute Gasteiger partial charge is 0.459 e. The first-order chi connectivity index (χ1) is 9.78. The van der Waals surface area contributed by atoms with Crippen molar-refractivity contribution in [3.63, 3.8) is 0 Å². The van der Waals surface area contributed by atoms with Gasteiger partial charge in [-0.1, -0.05) is 19.9 Å². The molecule has 2 aliphatic heterocycles. The third-order valence-electron chi connectivity index (χ3n) is 4.65. The van der Waals surface area contributed by atoms with Gasteiger partial charge in [0, 0.05) is 13.1 Å². The second-order valence-electron chi connectivity index (χ2n) is 6.31. The molecule has 7 heteroatoms. The van der Waals surface area contributed by atoms with Gasteiger partial charge in [-0.2, -0.15) is 0 Å². The van der Waals surface area contributed by atoms with Crippen LogP contribution in [0.25, 0.3) is 0 Å². The van der Waals surface area contributed by atoms with Gasteiger partial charge in [-0.15, -0.1) is 12.4 Å². The van der Waals surface area contributed by atoms with Crippen LogP contribution >= 0.6 is 12.4 Å². The van der Waals surface area contributed by atoms with Crippen LogP contribution in [0.1, 0.15) is 27.2 Å². The molecule has 2 rings (SSSR count). The summed E-state index contributed by atoms with van der Waals surface area (Å²) in [6, 6.07) is -0.0866. The summed E-state index contributed by atoms with van der Waals surface area (Å²) < 4.78 is 5.22. The standard InChI is InChI=1S/C15H25NO5.ClH/c1-9(2)15(20,10(3)17)14(19)21-8-11-4-6-16-7-5-12(18)13(11)16;/h4,9-10,12-13,17-18,20H,5-8H2,1-3H3;1H/t10-,12+,13+,15-;/m0./s1. The molecule has 2 heterocycles. The molecule has 0 amide bonds.